The second-order valence-electron chi connectivity index (χ2n) is 0. The van der Waals surface area contributed by atoms with Gasteiger partial charge in [0.2, 0.25) is 0 Å². The van der Waals surface area contributed by atoms with Gasteiger partial charge < -0.3 is 11.0 Å². The van der Waals surface area contributed by atoms with E-state index in [-0.39, 0.29) is 58.1 Å². The molecule has 4 heteroatoms. The summed E-state index contributed by atoms with van der Waals surface area (Å²) in [4.78, 5) is 0. The maximum atomic E-state index is 0. The first-order chi connectivity index (χ1) is 0. The van der Waals surface area contributed by atoms with Crippen LogP contribution in [0.4, 0.5) is 0 Å². The minimum Gasteiger partial charge on any atom is -0.870 e. The Bertz CT molecular complexity index is 6.00. The number of hydrogen-bond donors (Lipinski definition) is 0. The molecule has 0 aliphatic rings. The molecule has 21 valence electrons. The average Bonchev–Trinajstić information content (AvgIpc) is 0. The van der Waals surface area contributed by atoms with Crippen molar-refractivity contribution in [2.45, 2.75) is 0 Å². The van der Waals surface area contributed by atoms with Gasteiger partial charge in [0.15, 0.2) is 0 Å². The first-order valence-corrected chi connectivity index (χ1v) is 0. The zero-order valence-electron chi connectivity index (χ0n) is 2.45. The minimum atomic E-state index is 0. The minimum absolute atomic E-state index is 0. The van der Waals surface area contributed by atoms with Crippen molar-refractivity contribution in [3.63, 3.8) is 0 Å². The van der Waals surface area contributed by atoms with Gasteiger partial charge in [0, 0.05) is 47.2 Å². The van der Waals surface area contributed by atoms with E-state index in [9.17, 15) is 0 Å². The fourth-order valence-corrected chi connectivity index (χ4v) is 0. The Balaban J connectivity index is 0. The molecule has 0 bridgehead atoms. The van der Waals surface area contributed by atoms with Crippen LogP contribution in [0.5, 0.6) is 0 Å². The van der Waals surface area contributed by atoms with Crippen molar-refractivity contribution in [1.82, 2.24) is 0 Å². The first-order valence-electron chi connectivity index (χ1n) is 0. The van der Waals surface area contributed by atoms with Crippen LogP contribution in [0, 0.1) is 0 Å². The van der Waals surface area contributed by atoms with E-state index < -0.39 is 0 Å². The van der Waals surface area contributed by atoms with Crippen LogP contribution in [0.25, 0.3) is 0 Å². The topological polar surface area (TPSA) is 61.5 Å². The Hall–Kier alpha value is 1.46. The molecule has 5 radical (unpaired) electrons. The fraction of sp³-hybridized carbons (Fsp3) is 0. The van der Waals surface area contributed by atoms with E-state index in [1.54, 1.807) is 0 Å². The Kier molecular flexibility index (Phi) is 318. The van der Waals surface area contributed by atoms with Gasteiger partial charge in [-0.25, -0.2) is 0 Å². The molecular weight excluding hydrogens is 128 g/mol. The standard InChI is InChI=1S/Ge.Na.2H2O/h;;2*1H2/p-1. The quantitative estimate of drug-likeness (QED) is 0.359. The maximum absolute atomic E-state index is 0. The van der Waals surface area contributed by atoms with Crippen molar-refractivity contribution in [2.24, 2.45) is 0 Å². The monoisotopic (exact) mass is 132 g/mol. The maximum Gasteiger partial charge on any atom is 0 e. The SMILES string of the molecule is O.[Ge].[Na].[OH-]. The van der Waals surface area contributed by atoms with Crippen molar-refractivity contribution in [3.05, 3.63) is 0 Å². The Morgan fingerprint density at radius 2 is 1.00 bits per heavy atom. The van der Waals surface area contributed by atoms with Crippen LogP contribution in [-0.2, 0) is 0 Å². The molecule has 0 aromatic heterocycles. The first kappa shape index (κ1) is 50.8. The second kappa shape index (κ2) is 25.0. The van der Waals surface area contributed by atoms with E-state index in [1.807, 2.05) is 0 Å². The van der Waals surface area contributed by atoms with Crippen LogP contribution in [-0.4, -0.2) is 58.1 Å². The van der Waals surface area contributed by atoms with Crippen molar-refractivity contribution in [1.29, 1.82) is 0 Å². The smallest absolute Gasteiger partial charge is 0 e. The van der Waals surface area contributed by atoms with Gasteiger partial charge in [-0.3, -0.25) is 0 Å². The average molecular weight is 131 g/mol. The summed E-state index contributed by atoms with van der Waals surface area (Å²) < 4.78 is 0. The summed E-state index contributed by atoms with van der Waals surface area (Å²) in [5.41, 5.74) is 0. The molecule has 0 unspecified atom stereocenters. The summed E-state index contributed by atoms with van der Waals surface area (Å²) in [6.45, 7) is 0. The van der Waals surface area contributed by atoms with Gasteiger partial charge >= 0.3 is 0 Å². The van der Waals surface area contributed by atoms with Crippen molar-refractivity contribution in [3.8, 4) is 0 Å². The Morgan fingerprint density at radius 1 is 1.00 bits per heavy atom. The van der Waals surface area contributed by atoms with Gasteiger partial charge in [0.25, 0.3) is 0 Å². The second-order valence-corrected chi connectivity index (χ2v) is 0. The summed E-state index contributed by atoms with van der Waals surface area (Å²) in [6, 6.07) is 0. The molecule has 0 rings (SSSR count). The molecule has 0 saturated heterocycles. The largest absolute Gasteiger partial charge is 0.870 e. The summed E-state index contributed by atoms with van der Waals surface area (Å²) in [5, 5.41) is 0. The van der Waals surface area contributed by atoms with Gasteiger partial charge in [0.05, 0.1) is 0 Å². The summed E-state index contributed by atoms with van der Waals surface area (Å²) in [5.74, 6) is 0. The van der Waals surface area contributed by atoms with E-state index in [4.69, 9.17) is 0 Å². The molecule has 0 saturated carbocycles. The molecule has 0 atom stereocenters. The van der Waals surface area contributed by atoms with Crippen molar-refractivity contribution >= 4 is 47.2 Å². The van der Waals surface area contributed by atoms with Crippen LogP contribution < -0.4 is 0 Å². The third-order valence-corrected chi connectivity index (χ3v) is 0. The molecule has 0 aliphatic carbocycles. The third kappa shape index (κ3) is 9.82. The van der Waals surface area contributed by atoms with Crippen LogP contribution in [0.1, 0.15) is 0 Å². The number of hydrogen-bond acceptors (Lipinski definition) is 1. The molecule has 0 spiro atoms. The predicted molar refractivity (Wildman–Crippen MR) is 17.1 cm³/mol. The van der Waals surface area contributed by atoms with Crippen molar-refractivity contribution < 1.29 is 11.0 Å². The number of rotatable bonds is 0. The van der Waals surface area contributed by atoms with Crippen LogP contribution >= 0.6 is 0 Å². The Morgan fingerprint density at radius 3 is 1.00 bits per heavy atom. The summed E-state index contributed by atoms with van der Waals surface area (Å²) >= 11 is 0. The third-order valence-electron chi connectivity index (χ3n) is 0. The molecule has 3 N–H and O–H groups in total. The molecule has 4 heavy (non-hydrogen) atoms. The summed E-state index contributed by atoms with van der Waals surface area (Å²) in [7, 11) is 0. The summed E-state index contributed by atoms with van der Waals surface area (Å²) in [6.07, 6.45) is 0. The van der Waals surface area contributed by atoms with E-state index in [0.717, 1.165) is 0 Å². The van der Waals surface area contributed by atoms with Gasteiger partial charge in [-0.15, -0.1) is 0 Å². The molecule has 0 aromatic rings. The van der Waals surface area contributed by atoms with Gasteiger partial charge in [-0.05, 0) is 0 Å². The molecule has 0 aromatic carbocycles. The van der Waals surface area contributed by atoms with Crippen LogP contribution in [0.15, 0.2) is 0 Å². The van der Waals surface area contributed by atoms with Crippen LogP contribution in [0.3, 0.4) is 0 Å². The predicted octanol–water partition coefficient (Wildman–Crippen LogP) is -1.76. The van der Waals surface area contributed by atoms with Gasteiger partial charge in [-0.1, -0.05) is 0 Å². The molecule has 0 aliphatic heterocycles. The van der Waals surface area contributed by atoms with E-state index in [0.29, 0.717) is 0 Å². The Labute approximate surface area is 57.8 Å². The molecule has 0 heterocycles. The van der Waals surface area contributed by atoms with E-state index in [2.05, 4.69) is 0 Å². The molecule has 0 fully saturated rings. The van der Waals surface area contributed by atoms with E-state index >= 15 is 0 Å². The fourth-order valence-electron chi connectivity index (χ4n) is 0. The zero-order chi connectivity index (χ0) is 0. The molecular formula is H3GeNaO2-. The van der Waals surface area contributed by atoms with Crippen molar-refractivity contribution in [2.75, 3.05) is 0 Å². The molecule has 2 nitrogen and oxygen atoms in total. The van der Waals surface area contributed by atoms with E-state index in [1.165, 1.54) is 0 Å². The molecule has 0 amide bonds. The van der Waals surface area contributed by atoms with Gasteiger partial charge in [-0.2, -0.15) is 0 Å². The van der Waals surface area contributed by atoms with Gasteiger partial charge in [0.1, 0.15) is 0 Å². The van der Waals surface area contributed by atoms with Crippen LogP contribution in [0.2, 0.25) is 0 Å². The normalized spacial score (nSPS) is 0. The zero-order valence-corrected chi connectivity index (χ0v) is 6.55.